The molecule has 0 unspecified atom stereocenters. The van der Waals surface area contributed by atoms with E-state index in [2.05, 4.69) is 20.9 Å². The first-order chi connectivity index (χ1) is 8.09. The highest BCUT2D eigenvalue weighted by atomic mass is 79.9. The second-order valence-corrected chi connectivity index (χ2v) is 4.00. The van der Waals surface area contributed by atoms with E-state index in [0.717, 1.165) is 6.07 Å². The van der Waals surface area contributed by atoms with Crippen LogP contribution in [-0.2, 0) is 0 Å². The number of aromatic nitrogens is 2. The van der Waals surface area contributed by atoms with Crippen molar-refractivity contribution in [2.24, 2.45) is 0 Å². The Balaban J connectivity index is 2.65. The van der Waals surface area contributed by atoms with Crippen LogP contribution in [0.5, 0.6) is 0 Å². The van der Waals surface area contributed by atoms with E-state index in [1.165, 1.54) is 12.3 Å². The van der Waals surface area contributed by atoms with E-state index in [9.17, 15) is 15.3 Å². The van der Waals surface area contributed by atoms with Gasteiger partial charge in [-0.15, -0.1) is 0 Å². The van der Waals surface area contributed by atoms with Gasteiger partial charge in [-0.05, 0) is 12.1 Å². The molecule has 0 aromatic carbocycles. The molecule has 2 heterocycles. The fraction of sp³-hybridized carbons (Fsp3) is 0. The van der Waals surface area contributed by atoms with E-state index in [4.69, 9.17) is 0 Å². The Morgan fingerprint density at radius 2 is 2.12 bits per heavy atom. The minimum Gasteiger partial charge on any atom is -0.617 e. The van der Waals surface area contributed by atoms with Gasteiger partial charge in [-0.1, -0.05) is 6.07 Å². The van der Waals surface area contributed by atoms with Gasteiger partial charge >= 0.3 is 0 Å². The number of nitrogens with zero attached hydrogens (tertiary/aromatic N) is 3. The first-order valence-corrected chi connectivity index (χ1v) is 5.38. The van der Waals surface area contributed by atoms with Gasteiger partial charge in [0, 0.05) is 22.1 Å². The van der Waals surface area contributed by atoms with Crippen molar-refractivity contribution in [1.29, 1.82) is 0 Å². The molecule has 0 fully saturated rings. The van der Waals surface area contributed by atoms with Crippen LogP contribution < -0.4 is 4.73 Å². The number of halogens is 1. The lowest BCUT2D eigenvalue weighted by molar-refractivity contribution is -0.606. The molecule has 0 aliphatic rings. The smallest absolute Gasteiger partial charge is 0.283 e. The van der Waals surface area contributed by atoms with E-state index in [1.54, 1.807) is 18.2 Å². The van der Waals surface area contributed by atoms with Crippen LogP contribution >= 0.6 is 15.9 Å². The molecule has 0 saturated carbocycles. The quantitative estimate of drug-likeness (QED) is 0.279. The normalized spacial score (nSPS) is 10.2. The van der Waals surface area contributed by atoms with Crippen LogP contribution in [0.25, 0.3) is 11.4 Å². The molecular formula is C10H6BrN3O3. The van der Waals surface area contributed by atoms with Gasteiger partial charge < -0.3 is 5.21 Å². The molecule has 17 heavy (non-hydrogen) atoms. The molecule has 0 atom stereocenters. The molecule has 0 aliphatic carbocycles. The van der Waals surface area contributed by atoms with Crippen molar-refractivity contribution in [3.8, 4) is 11.4 Å². The highest BCUT2D eigenvalue weighted by Gasteiger charge is 2.20. The van der Waals surface area contributed by atoms with Gasteiger partial charge in [0.2, 0.25) is 5.69 Å². The SMILES string of the molecule is O=[N+]([O-])c1cc(Br)[n+]([O-])c(-c2ccccn2)c1. The minimum absolute atomic E-state index is 0.0763. The van der Waals surface area contributed by atoms with Crippen LogP contribution in [0.2, 0.25) is 0 Å². The number of rotatable bonds is 2. The lowest BCUT2D eigenvalue weighted by Gasteiger charge is -2.05. The van der Waals surface area contributed by atoms with Crippen molar-refractivity contribution < 1.29 is 9.65 Å². The van der Waals surface area contributed by atoms with Gasteiger partial charge in [-0.3, -0.25) is 10.1 Å². The molecule has 0 radical (unpaired) electrons. The summed E-state index contributed by atoms with van der Waals surface area (Å²) in [7, 11) is 0. The maximum atomic E-state index is 11.8. The van der Waals surface area contributed by atoms with Crippen LogP contribution in [-0.4, -0.2) is 9.91 Å². The second-order valence-electron chi connectivity index (χ2n) is 3.19. The summed E-state index contributed by atoms with van der Waals surface area (Å²) in [4.78, 5) is 14.1. The summed E-state index contributed by atoms with van der Waals surface area (Å²) in [5.74, 6) is 0. The van der Waals surface area contributed by atoms with Crippen molar-refractivity contribution in [2.75, 3.05) is 0 Å². The Labute approximate surface area is 104 Å². The van der Waals surface area contributed by atoms with Crippen molar-refractivity contribution >= 4 is 21.6 Å². The maximum Gasteiger partial charge on any atom is 0.283 e. The minimum atomic E-state index is -0.558. The highest BCUT2D eigenvalue weighted by molar-refractivity contribution is 9.10. The molecule has 86 valence electrons. The van der Waals surface area contributed by atoms with Crippen molar-refractivity contribution in [1.82, 2.24) is 4.98 Å². The van der Waals surface area contributed by atoms with Gasteiger partial charge in [0.15, 0.2) is 0 Å². The zero-order valence-electron chi connectivity index (χ0n) is 8.41. The Kier molecular flexibility index (Phi) is 3.01. The molecule has 6 nitrogen and oxygen atoms in total. The second kappa shape index (κ2) is 4.46. The fourth-order valence-corrected chi connectivity index (χ4v) is 1.76. The molecule has 0 spiro atoms. The zero-order valence-corrected chi connectivity index (χ0v) is 9.99. The Morgan fingerprint density at radius 1 is 1.35 bits per heavy atom. The van der Waals surface area contributed by atoms with Gasteiger partial charge in [-0.25, -0.2) is 4.98 Å². The molecule has 2 aromatic heterocycles. The number of hydrogen-bond donors (Lipinski definition) is 0. The molecule has 0 amide bonds. The van der Waals surface area contributed by atoms with Crippen LogP contribution in [0.1, 0.15) is 0 Å². The Hall–Kier alpha value is -2.02. The summed E-state index contributed by atoms with van der Waals surface area (Å²) in [5, 5.41) is 22.5. The van der Waals surface area contributed by atoms with E-state index in [-0.39, 0.29) is 16.0 Å². The topological polar surface area (TPSA) is 83.0 Å². The third-order valence-corrected chi connectivity index (χ3v) is 2.65. The monoisotopic (exact) mass is 295 g/mol. The number of hydrogen-bond acceptors (Lipinski definition) is 4. The summed E-state index contributed by atoms with van der Waals surface area (Å²) in [5.41, 5.74) is 0.350. The maximum absolute atomic E-state index is 11.8. The average Bonchev–Trinajstić information content (AvgIpc) is 2.33. The van der Waals surface area contributed by atoms with Gasteiger partial charge in [0.25, 0.3) is 10.3 Å². The molecule has 2 aromatic rings. The van der Waals surface area contributed by atoms with Gasteiger partial charge in [-0.2, -0.15) is 4.73 Å². The van der Waals surface area contributed by atoms with Gasteiger partial charge in [0.1, 0.15) is 5.69 Å². The van der Waals surface area contributed by atoms with Crippen LogP contribution in [0.4, 0.5) is 5.69 Å². The van der Waals surface area contributed by atoms with E-state index < -0.39 is 4.92 Å². The summed E-state index contributed by atoms with van der Waals surface area (Å²) in [6, 6.07) is 7.36. The molecule has 0 bridgehead atoms. The predicted molar refractivity (Wildman–Crippen MR) is 63.0 cm³/mol. The molecule has 7 heteroatoms. The van der Waals surface area contributed by atoms with E-state index in [0.29, 0.717) is 10.4 Å². The summed E-state index contributed by atoms with van der Waals surface area (Å²) in [6.07, 6.45) is 1.52. The summed E-state index contributed by atoms with van der Waals surface area (Å²) >= 11 is 2.98. The summed E-state index contributed by atoms with van der Waals surface area (Å²) in [6.45, 7) is 0. The third kappa shape index (κ3) is 2.23. The van der Waals surface area contributed by atoms with Crippen molar-refractivity contribution in [3.05, 3.63) is 56.5 Å². The van der Waals surface area contributed by atoms with Crippen molar-refractivity contribution in [2.45, 2.75) is 0 Å². The number of pyridine rings is 2. The highest BCUT2D eigenvalue weighted by Crippen LogP contribution is 2.22. The molecule has 0 N–H and O–H groups in total. The average molecular weight is 296 g/mol. The summed E-state index contributed by atoms with van der Waals surface area (Å²) < 4.78 is 0.627. The molecular weight excluding hydrogens is 290 g/mol. The lowest BCUT2D eigenvalue weighted by Crippen LogP contribution is -2.31. The molecule has 0 saturated heterocycles. The Morgan fingerprint density at radius 3 is 2.71 bits per heavy atom. The van der Waals surface area contributed by atoms with Gasteiger partial charge in [0.05, 0.1) is 17.1 Å². The van der Waals surface area contributed by atoms with Crippen molar-refractivity contribution in [3.63, 3.8) is 0 Å². The zero-order chi connectivity index (χ0) is 12.4. The van der Waals surface area contributed by atoms with Crippen LogP contribution in [0.3, 0.4) is 0 Å². The Bertz CT molecular complexity index is 575. The van der Waals surface area contributed by atoms with E-state index >= 15 is 0 Å². The van der Waals surface area contributed by atoms with Crippen LogP contribution in [0, 0.1) is 15.3 Å². The largest absolute Gasteiger partial charge is 0.617 e. The first-order valence-electron chi connectivity index (χ1n) is 4.58. The number of nitro groups is 1. The lowest BCUT2D eigenvalue weighted by atomic mass is 10.2. The third-order valence-electron chi connectivity index (χ3n) is 2.10. The predicted octanol–water partition coefficient (Wildman–Crippen LogP) is 2.05. The first kappa shape index (κ1) is 11.5. The van der Waals surface area contributed by atoms with E-state index in [1.807, 2.05) is 0 Å². The fourth-order valence-electron chi connectivity index (χ4n) is 1.33. The molecule has 0 aliphatic heterocycles. The standard InChI is InChI=1S/C10H6BrN3O3/c11-10-6-7(14(16)17)5-9(13(10)15)8-3-1-2-4-12-8/h1-6H. The molecule has 2 rings (SSSR count). The van der Waals surface area contributed by atoms with Crippen LogP contribution in [0.15, 0.2) is 41.1 Å².